The Labute approximate surface area is 130 Å². The summed E-state index contributed by atoms with van der Waals surface area (Å²) >= 11 is 0. The Morgan fingerprint density at radius 2 is 1.86 bits per heavy atom. The average molecular weight is 311 g/mol. The lowest BCUT2D eigenvalue weighted by atomic mass is 10.3. The second kappa shape index (κ2) is 8.67. The number of nitro groups is 1. The van der Waals surface area contributed by atoms with Gasteiger partial charge in [0.25, 0.3) is 0 Å². The molecule has 1 aromatic rings. The van der Waals surface area contributed by atoms with Crippen molar-refractivity contribution in [3.8, 4) is 5.75 Å². The molecule has 7 heteroatoms. The first kappa shape index (κ1) is 16.7. The summed E-state index contributed by atoms with van der Waals surface area (Å²) in [6.45, 7) is 7.32. The van der Waals surface area contributed by atoms with Crippen molar-refractivity contribution in [2.75, 3.05) is 59.6 Å². The summed E-state index contributed by atoms with van der Waals surface area (Å²) in [7, 11) is 2.23. The average Bonchev–Trinajstić information content (AvgIpc) is 2.52. The third-order valence-corrected chi connectivity index (χ3v) is 3.96. The number of nitrogens with one attached hydrogen (secondary N) is 2. The van der Waals surface area contributed by atoms with Crippen molar-refractivity contribution in [3.05, 3.63) is 34.4 Å². The fourth-order valence-corrected chi connectivity index (χ4v) is 2.54. The summed E-state index contributed by atoms with van der Waals surface area (Å²) < 4.78 is 11.0. The molecular weight excluding hydrogens is 286 g/mol. The summed E-state index contributed by atoms with van der Waals surface area (Å²) in [6, 6.07) is 6.40. The zero-order chi connectivity index (χ0) is 15.8. The molecule has 1 saturated heterocycles. The van der Waals surface area contributed by atoms with E-state index in [4.69, 9.17) is 9.47 Å². The maximum atomic E-state index is 10.8. The molecule has 0 amide bonds. The molecule has 0 aromatic heterocycles. The van der Waals surface area contributed by atoms with Crippen LogP contribution in [-0.2, 0) is 4.74 Å². The Morgan fingerprint density at radius 1 is 1.14 bits per heavy atom. The van der Waals surface area contributed by atoms with E-state index in [0.29, 0.717) is 25.6 Å². The molecule has 1 fully saturated rings. The van der Waals surface area contributed by atoms with Gasteiger partial charge in [0.1, 0.15) is 39.3 Å². The molecule has 0 unspecified atom stereocenters. The molecule has 122 valence electrons. The summed E-state index contributed by atoms with van der Waals surface area (Å²) in [4.78, 5) is 13.6. The first-order valence-electron chi connectivity index (χ1n) is 7.75. The van der Waals surface area contributed by atoms with Crippen molar-refractivity contribution in [2.45, 2.75) is 0 Å². The minimum Gasteiger partial charge on any atom is -0.484 e. The summed E-state index contributed by atoms with van der Waals surface area (Å²) in [5.74, 6) is 0.295. The van der Waals surface area contributed by atoms with E-state index in [2.05, 4.69) is 7.05 Å². The van der Waals surface area contributed by atoms with Gasteiger partial charge in [0.2, 0.25) is 0 Å². The molecule has 0 saturated carbocycles. The zero-order valence-corrected chi connectivity index (χ0v) is 13.0. The van der Waals surface area contributed by atoms with Gasteiger partial charge in [-0.05, 0) is 6.07 Å². The number of benzene rings is 1. The van der Waals surface area contributed by atoms with Crippen LogP contribution in [0.1, 0.15) is 0 Å². The summed E-state index contributed by atoms with van der Waals surface area (Å²) in [5, 5.41) is 10.8. The lowest BCUT2D eigenvalue weighted by Gasteiger charge is -2.27. The van der Waals surface area contributed by atoms with Crippen molar-refractivity contribution in [2.24, 2.45) is 0 Å². The van der Waals surface area contributed by atoms with E-state index in [0.717, 1.165) is 6.54 Å². The monoisotopic (exact) mass is 311 g/mol. The fourth-order valence-electron chi connectivity index (χ4n) is 2.54. The van der Waals surface area contributed by atoms with Gasteiger partial charge < -0.3 is 19.3 Å². The van der Waals surface area contributed by atoms with Crippen LogP contribution in [0.2, 0.25) is 0 Å². The van der Waals surface area contributed by atoms with Crippen LogP contribution in [0.3, 0.4) is 0 Å². The van der Waals surface area contributed by atoms with Crippen LogP contribution in [0, 0.1) is 10.1 Å². The minimum absolute atomic E-state index is 0.00752. The minimum atomic E-state index is -0.436. The molecule has 0 spiro atoms. The summed E-state index contributed by atoms with van der Waals surface area (Å²) in [6.07, 6.45) is 0. The molecule has 1 aromatic carbocycles. The Morgan fingerprint density at radius 3 is 2.59 bits per heavy atom. The normalized spacial score (nSPS) is 21.5. The molecule has 0 bridgehead atoms. The van der Waals surface area contributed by atoms with Crippen molar-refractivity contribution < 1.29 is 24.2 Å². The molecular formula is C15H25N3O4+2. The van der Waals surface area contributed by atoms with Crippen LogP contribution in [-0.4, -0.2) is 64.5 Å². The van der Waals surface area contributed by atoms with Crippen LogP contribution in [0.25, 0.3) is 0 Å². The highest BCUT2D eigenvalue weighted by molar-refractivity contribution is 5.45. The molecule has 0 radical (unpaired) electrons. The lowest BCUT2D eigenvalue weighted by Crippen LogP contribution is -3.27. The van der Waals surface area contributed by atoms with Gasteiger partial charge in [-0.25, -0.2) is 0 Å². The largest absolute Gasteiger partial charge is 0.484 e. The number of likely N-dealkylation sites (N-methyl/N-ethyl adjacent to an activating group) is 1. The van der Waals surface area contributed by atoms with Crippen molar-refractivity contribution in [1.29, 1.82) is 0 Å². The summed E-state index contributed by atoms with van der Waals surface area (Å²) in [5.41, 5.74) is -0.00752. The third kappa shape index (κ3) is 5.25. The number of para-hydroxylation sites is 2. The van der Waals surface area contributed by atoms with Crippen molar-refractivity contribution in [3.63, 3.8) is 0 Å². The van der Waals surface area contributed by atoms with E-state index >= 15 is 0 Å². The van der Waals surface area contributed by atoms with Gasteiger partial charge in [0.05, 0.1) is 25.2 Å². The number of hydrogen-bond acceptors (Lipinski definition) is 4. The molecule has 1 aliphatic heterocycles. The maximum Gasteiger partial charge on any atom is 0.310 e. The Hall–Kier alpha value is -1.70. The molecule has 2 rings (SSSR count). The van der Waals surface area contributed by atoms with Gasteiger partial charge in [0, 0.05) is 6.07 Å². The lowest BCUT2D eigenvalue weighted by molar-refractivity contribution is -1.00. The van der Waals surface area contributed by atoms with E-state index in [1.807, 2.05) is 0 Å². The fraction of sp³-hybridized carbons (Fsp3) is 0.600. The predicted octanol–water partition coefficient (Wildman–Crippen LogP) is -1.60. The van der Waals surface area contributed by atoms with Crippen LogP contribution in [0.4, 0.5) is 5.69 Å². The molecule has 0 atom stereocenters. The highest BCUT2D eigenvalue weighted by Crippen LogP contribution is 2.25. The Kier molecular flexibility index (Phi) is 6.57. The zero-order valence-electron chi connectivity index (χ0n) is 13.0. The van der Waals surface area contributed by atoms with Gasteiger partial charge >= 0.3 is 5.69 Å². The SMILES string of the molecule is C[NH+]1CC[NH+](CCOCCOc2ccccc2[N+](=O)[O-])CC1. The first-order chi connectivity index (χ1) is 10.7. The van der Waals surface area contributed by atoms with Crippen molar-refractivity contribution >= 4 is 5.69 Å². The standard InChI is InChI=1S/C15H23N3O4/c1-16-6-8-17(9-7-16)10-11-21-12-13-22-15-5-3-2-4-14(15)18(19)20/h2-5H,6-13H2,1H3/p+2. The molecule has 22 heavy (non-hydrogen) atoms. The van der Waals surface area contributed by atoms with E-state index in [1.165, 1.54) is 32.2 Å². The molecule has 0 aliphatic carbocycles. The number of quaternary nitrogens is 2. The number of ether oxygens (including phenoxy) is 2. The highest BCUT2D eigenvalue weighted by atomic mass is 16.6. The van der Waals surface area contributed by atoms with E-state index in [-0.39, 0.29) is 5.69 Å². The smallest absolute Gasteiger partial charge is 0.310 e. The second-order valence-electron chi connectivity index (χ2n) is 5.64. The van der Waals surface area contributed by atoms with Crippen LogP contribution in [0.5, 0.6) is 5.75 Å². The predicted molar refractivity (Wildman–Crippen MR) is 81.6 cm³/mol. The van der Waals surface area contributed by atoms with Gasteiger partial charge in [-0.15, -0.1) is 0 Å². The number of hydrogen-bond donors (Lipinski definition) is 2. The van der Waals surface area contributed by atoms with Crippen LogP contribution < -0.4 is 14.5 Å². The number of piperazine rings is 1. The highest BCUT2D eigenvalue weighted by Gasteiger charge is 2.19. The molecule has 1 heterocycles. The van der Waals surface area contributed by atoms with Gasteiger partial charge in [0.15, 0.2) is 5.75 Å². The van der Waals surface area contributed by atoms with E-state index in [9.17, 15) is 10.1 Å². The third-order valence-electron chi connectivity index (χ3n) is 3.96. The Bertz CT molecular complexity index is 476. The Balaban J connectivity index is 1.59. The van der Waals surface area contributed by atoms with Crippen LogP contribution >= 0.6 is 0 Å². The number of rotatable bonds is 8. The number of nitrogens with zero attached hydrogens (tertiary/aromatic N) is 1. The number of nitro benzene ring substituents is 1. The van der Waals surface area contributed by atoms with Gasteiger partial charge in [-0.1, -0.05) is 12.1 Å². The first-order valence-corrected chi connectivity index (χ1v) is 7.75. The van der Waals surface area contributed by atoms with Crippen molar-refractivity contribution in [1.82, 2.24) is 0 Å². The topological polar surface area (TPSA) is 70.5 Å². The molecule has 1 aliphatic rings. The second-order valence-corrected chi connectivity index (χ2v) is 5.64. The molecule has 7 nitrogen and oxygen atoms in total. The van der Waals surface area contributed by atoms with Gasteiger partial charge in [-0.2, -0.15) is 0 Å². The van der Waals surface area contributed by atoms with Crippen LogP contribution in [0.15, 0.2) is 24.3 Å². The van der Waals surface area contributed by atoms with E-state index < -0.39 is 4.92 Å². The quantitative estimate of drug-likeness (QED) is 0.345. The maximum absolute atomic E-state index is 10.8. The van der Waals surface area contributed by atoms with Gasteiger partial charge in [-0.3, -0.25) is 10.1 Å². The molecule has 2 N–H and O–H groups in total. The van der Waals surface area contributed by atoms with E-state index in [1.54, 1.807) is 28.0 Å².